The Morgan fingerprint density at radius 3 is 1.65 bits per heavy atom. The van der Waals surface area contributed by atoms with E-state index in [0.717, 1.165) is 0 Å². The van der Waals surface area contributed by atoms with Crippen molar-refractivity contribution in [3.8, 4) is 0 Å². The van der Waals surface area contributed by atoms with Gasteiger partial charge in [0.05, 0.1) is 0 Å². The van der Waals surface area contributed by atoms with E-state index in [1.165, 1.54) is 63.5 Å². The van der Waals surface area contributed by atoms with E-state index in [4.69, 9.17) is 0 Å². The highest BCUT2D eigenvalue weighted by Gasteiger charge is 2.27. The number of hydrogen-bond donors (Lipinski definition) is 0. The van der Waals surface area contributed by atoms with Crippen LogP contribution in [0.25, 0.3) is 0 Å². The first-order chi connectivity index (χ1) is 8.33. The summed E-state index contributed by atoms with van der Waals surface area (Å²) in [6.07, 6.45) is 16.0. The average Bonchev–Trinajstić information content (AvgIpc) is 2.56. The van der Waals surface area contributed by atoms with Crippen LogP contribution in [0.4, 0.5) is 0 Å². The zero-order valence-corrected chi connectivity index (χ0v) is 12.9. The number of hydrogen-bond acceptors (Lipinski definition) is 0. The summed E-state index contributed by atoms with van der Waals surface area (Å²) in [5.41, 5.74) is 5.32. The van der Waals surface area contributed by atoms with Crippen LogP contribution in [0.5, 0.6) is 0 Å². The lowest BCUT2D eigenvalue weighted by atomic mass is 10.2. The SMILES string of the molecule is CCC/C=C/[Si]1(/C=C/CCC)CCCCCC1. The molecule has 1 aliphatic rings. The molecule has 0 N–H and O–H groups in total. The fourth-order valence-electron chi connectivity index (χ4n) is 2.75. The molecule has 0 radical (unpaired) electrons. The Labute approximate surface area is 109 Å². The molecule has 1 fully saturated rings. The third kappa shape index (κ3) is 5.72. The van der Waals surface area contributed by atoms with Gasteiger partial charge in [0.15, 0.2) is 0 Å². The number of allylic oxidation sites excluding steroid dienone is 2. The Hall–Kier alpha value is -0.303. The average molecular weight is 251 g/mol. The Morgan fingerprint density at radius 2 is 1.24 bits per heavy atom. The molecule has 0 amide bonds. The predicted molar refractivity (Wildman–Crippen MR) is 81.9 cm³/mol. The van der Waals surface area contributed by atoms with Crippen LogP contribution in [-0.2, 0) is 0 Å². The van der Waals surface area contributed by atoms with Crippen molar-refractivity contribution < 1.29 is 0 Å². The lowest BCUT2D eigenvalue weighted by Crippen LogP contribution is -2.28. The predicted octanol–water partition coefficient (Wildman–Crippen LogP) is 5.80. The first kappa shape index (κ1) is 14.8. The maximum Gasteiger partial charge on any atom is 0.101 e. The maximum atomic E-state index is 2.66. The van der Waals surface area contributed by atoms with Crippen LogP contribution in [0.3, 0.4) is 0 Å². The second kappa shape index (κ2) is 8.74. The maximum absolute atomic E-state index is 2.66. The molecule has 0 aromatic heterocycles. The quantitative estimate of drug-likeness (QED) is 0.523. The third-order valence-electron chi connectivity index (χ3n) is 3.84. The van der Waals surface area contributed by atoms with Gasteiger partial charge in [-0.3, -0.25) is 0 Å². The van der Waals surface area contributed by atoms with E-state index < -0.39 is 8.07 Å². The van der Waals surface area contributed by atoms with Gasteiger partial charge in [-0.2, -0.15) is 0 Å². The zero-order valence-electron chi connectivity index (χ0n) is 11.9. The molecular weight excluding hydrogens is 220 g/mol. The second-order valence-corrected chi connectivity index (χ2v) is 9.66. The lowest BCUT2D eigenvalue weighted by molar-refractivity contribution is 0.720. The van der Waals surface area contributed by atoms with Crippen molar-refractivity contribution in [2.45, 2.75) is 77.3 Å². The highest BCUT2D eigenvalue weighted by Crippen LogP contribution is 2.30. The molecule has 1 heterocycles. The van der Waals surface area contributed by atoms with Crippen LogP contribution in [0.2, 0.25) is 12.1 Å². The molecule has 17 heavy (non-hydrogen) atoms. The van der Waals surface area contributed by atoms with Crippen LogP contribution >= 0.6 is 0 Å². The minimum atomic E-state index is -1.17. The molecule has 0 spiro atoms. The Balaban J connectivity index is 2.66. The molecular formula is C16H30Si. The zero-order chi connectivity index (χ0) is 12.4. The molecule has 0 aliphatic carbocycles. The van der Waals surface area contributed by atoms with Gasteiger partial charge in [-0.25, -0.2) is 0 Å². The van der Waals surface area contributed by atoms with Gasteiger partial charge in [-0.15, -0.1) is 0 Å². The van der Waals surface area contributed by atoms with E-state index in [9.17, 15) is 0 Å². The molecule has 98 valence electrons. The molecule has 1 saturated heterocycles. The topological polar surface area (TPSA) is 0 Å². The van der Waals surface area contributed by atoms with Gasteiger partial charge in [0.1, 0.15) is 8.07 Å². The first-order valence-corrected chi connectivity index (χ1v) is 10.3. The van der Waals surface area contributed by atoms with Gasteiger partial charge < -0.3 is 0 Å². The minimum Gasteiger partial charge on any atom is -0.0944 e. The van der Waals surface area contributed by atoms with Crippen LogP contribution in [0.15, 0.2) is 23.6 Å². The molecule has 0 atom stereocenters. The summed E-state index contributed by atoms with van der Waals surface area (Å²) in [6.45, 7) is 4.55. The van der Waals surface area contributed by atoms with E-state index in [1.54, 1.807) is 0 Å². The molecule has 0 nitrogen and oxygen atoms in total. The summed E-state index contributed by atoms with van der Waals surface area (Å²) in [4.78, 5) is 0. The van der Waals surface area contributed by atoms with Crippen molar-refractivity contribution in [2.24, 2.45) is 0 Å². The monoisotopic (exact) mass is 250 g/mol. The van der Waals surface area contributed by atoms with Gasteiger partial charge in [0.25, 0.3) is 0 Å². The molecule has 0 saturated carbocycles. The summed E-state index contributed by atoms with van der Waals surface area (Å²) < 4.78 is 0. The summed E-state index contributed by atoms with van der Waals surface area (Å²) in [5.74, 6) is 0. The van der Waals surface area contributed by atoms with Crippen molar-refractivity contribution in [3.05, 3.63) is 23.6 Å². The van der Waals surface area contributed by atoms with Gasteiger partial charge in [0, 0.05) is 0 Å². The largest absolute Gasteiger partial charge is 0.101 e. The van der Waals surface area contributed by atoms with Gasteiger partial charge >= 0.3 is 0 Å². The molecule has 1 aliphatic heterocycles. The summed E-state index contributed by atoms with van der Waals surface area (Å²) >= 11 is 0. The van der Waals surface area contributed by atoms with Gasteiger partial charge in [-0.05, 0) is 12.8 Å². The van der Waals surface area contributed by atoms with E-state index in [1.807, 2.05) is 0 Å². The molecule has 0 unspecified atom stereocenters. The number of rotatable bonds is 6. The van der Waals surface area contributed by atoms with Crippen LogP contribution in [-0.4, -0.2) is 8.07 Å². The Kier molecular flexibility index (Phi) is 7.59. The van der Waals surface area contributed by atoms with Gasteiger partial charge in [0.2, 0.25) is 0 Å². The Bertz CT molecular complexity index is 214. The molecule has 0 bridgehead atoms. The van der Waals surface area contributed by atoms with Crippen molar-refractivity contribution in [1.29, 1.82) is 0 Å². The van der Waals surface area contributed by atoms with Crippen molar-refractivity contribution in [2.75, 3.05) is 0 Å². The fraction of sp³-hybridized carbons (Fsp3) is 0.750. The van der Waals surface area contributed by atoms with Crippen LogP contribution in [0, 0.1) is 0 Å². The lowest BCUT2D eigenvalue weighted by Gasteiger charge is -2.23. The van der Waals surface area contributed by atoms with E-state index in [0.29, 0.717) is 0 Å². The van der Waals surface area contributed by atoms with Crippen LogP contribution < -0.4 is 0 Å². The standard InChI is InChI=1S/C16H30Si/c1-3-5-9-13-17(14-10-6-4-2)15-11-7-8-12-16-17/h9-10,13-14H,3-8,11-12,15-16H2,1-2H3/b13-9+,14-10+. The van der Waals surface area contributed by atoms with E-state index in [-0.39, 0.29) is 0 Å². The van der Waals surface area contributed by atoms with Crippen molar-refractivity contribution in [3.63, 3.8) is 0 Å². The summed E-state index contributed by atoms with van der Waals surface area (Å²) in [6, 6.07) is 3.01. The smallest absolute Gasteiger partial charge is 0.0944 e. The minimum absolute atomic E-state index is 1.17. The third-order valence-corrected chi connectivity index (χ3v) is 8.21. The number of unbranched alkanes of at least 4 members (excludes halogenated alkanes) is 2. The molecule has 1 rings (SSSR count). The first-order valence-electron chi connectivity index (χ1n) is 7.68. The second-order valence-electron chi connectivity index (χ2n) is 5.53. The van der Waals surface area contributed by atoms with E-state index >= 15 is 0 Å². The molecule has 0 aromatic rings. The van der Waals surface area contributed by atoms with Crippen molar-refractivity contribution >= 4 is 8.07 Å². The fourth-order valence-corrected chi connectivity index (χ4v) is 6.86. The normalized spacial score (nSPS) is 21.1. The highest BCUT2D eigenvalue weighted by atomic mass is 28.3. The summed E-state index contributed by atoms with van der Waals surface area (Å²) in [7, 11) is -1.17. The van der Waals surface area contributed by atoms with Gasteiger partial charge in [-0.1, -0.05) is 88.0 Å². The Morgan fingerprint density at radius 1 is 0.765 bits per heavy atom. The summed E-state index contributed by atoms with van der Waals surface area (Å²) in [5, 5.41) is 0. The van der Waals surface area contributed by atoms with Crippen LogP contribution in [0.1, 0.15) is 65.2 Å². The van der Waals surface area contributed by atoms with E-state index in [2.05, 4.69) is 37.4 Å². The van der Waals surface area contributed by atoms with Crippen molar-refractivity contribution in [1.82, 2.24) is 0 Å². The highest BCUT2D eigenvalue weighted by molar-refractivity contribution is 6.89. The molecule has 1 heteroatoms. The molecule has 0 aromatic carbocycles.